The Morgan fingerprint density at radius 2 is 2.06 bits per heavy atom. The summed E-state index contributed by atoms with van der Waals surface area (Å²) in [5.74, 6) is -0.697. The molecule has 0 aromatic carbocycles. The summed E-state index contributed by atoms with van der Waals surface area (Å²) in [6, 6.07) is 0. The first kappa shape index (κ1) is 10.0. The molecule has 3 heterocycles. The van der Waals surface area contributed by atoms with E-state index in [1.54, 1.807) is 0 Å². The molecule has 0 radical (unpaired) electrons. The molecular formula is C10H12O6. The fourth-order valence-corrected chi connectivity index (χ4v) is 2.85. The van der Waals surface area contributed by atoms with Crippen LogP contribution in [0.25, 0.3) is 0 Å². The SMILES string of the molecule is O=C1C[C@@]2(CO1)CO[C@@]1(CO)CC(=O)O[C@@H]21. The van der Waals surface area contributed by atoms with Gasteiger partial charge in [-0.2, -0.15) is 0 Å². The molecule has 3 atom stereocenters. The van der Waals surface area contributed by atoms with Crippen molar-refractivity contribution in [2.45, 2.75) is 24.5 Å². The quantitative estimate of drug-likeness (QED) is 0.579. The second-order valence-electron chi connectivity index (χ2n) is 4.76. The Morgan fingerprint density at radius 3 is 2.69 bits per heavy atom. The third kappa shape index (κ3) is 1.08. The second kappa shape index (κ2) is 2.95. The monoisotopic (exact) mass is 228 g/mol. The van der Waals surface area contributed by atoms with Crippen LogP contribution in [0.15, 0.2) is 0 Å². The topological polar surface area (TPSA) is 82.1 Å². The molecule has 0 aliphatic carbocycles. The molecule has 1 N–H and O–H groups in total. The van der Waals surface area contributed by atoms with Gasteiger partial charge in [-0.25, -0.2) is 0 Å². The van der Waals surface area contributed by atoms with Gasteiger partial charge in [-0.15, -0.1) is 0 Å². The number of ether oxygens (including phenoxy) is 3. The summed E-state index contributed by atoms with van der Waals surface area (Å²) in [4.78, 5) is 22.5. The summed E-state index contributed by atoms with van der Waals surface area (Å²) in [5.41, 5.74) is -1.56. The van der Waals surface area contributed by atoms with Crippen molar-refractivity contribution in [3.05, 3.63) is 0 Å². The van der Waals surface area contributed by atoms with Crippen molar-refractivity contribution in [1.29, 1.82) is 0 Å². The molecule has 0 bridgehead atoms. The van der Waals surface area contributed by atoms with Crippen LogP contribution in [0.5, 0.6) is 0 Å². The molecule has 0 unspecified atom stereocenters. The number of hydrogen-bond acceptors (Lipinski definition) is 6. The number of aliphatic hydroxyl groups excluding tert-OH is 1. The molecule has 3 rings (SSSR count). The number of carbonyl (C=O) groups is 2. The lowest BCUT2D eigenvalue weighted by Gasteiger charge is -2.28. The highest BCUT2D eigenvalue weighted by Crippen LogP contribution is 2.51. The maximum atomic E-state index is 11.3. The summed E-state index contributed by atoms with van der Waals surface area (Å²) in [6.07, 6.45) is -0.333. The van der Waals surface area contributed by atoms with E-state index in [1.165, 1.54) is 0 Å². The predicted molar refractivity (Wildman–Crippen MR) is 48.3 cm³/mol. The normalized spacial score (nSPS) is 45.9. The van der Waals surface area contributed by atoms with E-state index >= 15 is 0 Å². The Kier molecular flexibility index (Phi) is 1.85. The Balaban J connectivity index is 1.95. The maximum absolute atomic E-state index is 11.3. The van der Waals surface area contributed by atoms with Crippen LogP contribution in [-0.4, -0.2) is 48.6 Å². The van der Waals surface area contributed by atoms with Crippen LogP contribution in [0.1, 0.15) is 12.8 Å². The van der Waals surface area contributed by atoms with E-state index in [9.17, 15) is 14.7 Å². The van der Waals surface area contributed by atoms with Crippen LogP contribution in [0.3, 0.4) is 0 Å². The third-order valence-corrected chi connectivity index (χ3v) is 3.66. The van der Waals surface area contributed by atoms with E-state index in [0.717, 1.165) is 0 Å². The van der Waals surface area contributed by atoms with Crippen molar-refractivity contribution in [3.63, 3.8) is 0 Å². The molecule has 3 fully saturated rings. The third-order valence-electron chi connectivity index (χ3n) is 3.66. The summed E-state index contributed by atoms with van der Waals surface area (Å²) in [5, 5.41) is 9.37. The first-order chi connectivity index (χ1) is 7.60. The van der Waals surface area contributed by atoms with Gasteiger partial charge < -0.3 is 19.3 Å². The molecular weight excluding hydrogens is 216 g/mol. The van der Waals surface area contributed by atoms with Gasteiger partial charge in [0.1, 0.15) is 18.3 Å². The van der Waals surface area contributed by atoms with Crippen molar-refractivity contribution in [1.82, 2.24) is 0 Å². The summed E-state index contributed by atoms with van der Waals surface area (Å²) in [6.45, 7) is 0.210. The van der Waals surface area contributed by atoms with E-state index in [1.807, 2.05) is 0 Å². The molecule has 3 aliphatic heterocycles. The van der Waals surface area contributed by atoms with Gasteiger partial charge in [-0.05, 0) is 0 Å². The van der Waals surface area contributed by atoms with Crippen molar-refractivity contribution in [2.75, 3.05) is 19.8 Å². The molecule has 0 aromatic rings. The molecule has 6 heteroatoms. The fraction of sp³-hybridized carbons (Fsp3) is 0.800. The van der Waals surface area contributed by atoms with E-state index < -0.39 is 23.1 Å². The predicted octanol–water partition coefficient (Wildman–Crippen LogP) is -1.00. The molecule has 1 spiro atoms. The van der Waals surface area contributed by atoms with Gasteiger partial charge in [-0.3, -0.25) is 9.59 Å². The highest BCUT2D eigenvalue weighted by Gasteiger charge is 2.67. The smallest absolute Gasteiger partial charge is 0.309 e. The maximum Gasteiger partial charge on any atom is 0.309 e. The van der Waals surface area contributed by atoms with Crippen LogP contribution < -0.4 is 0 Å². The minimum Gasteiger partial charge on any atom is -0.465 e. The lowest BCUT2D eigenvalue weighted by molar-refractivity contribution is -0.145. The average Bonchev–Trinajstić information content (AvgIpc) is 2.85. The van der Waals surface area contributed by atoms with Gasteiger partial charge >= 0.3 is 11.9 Å². The minimum absolute atomic E-state index is 0.0457. The Labute approximate surface area is 91.5 Å². The summed E-state index contributed by atoms with van der Waals surface area (Å²) < 4.78 is 15.7. The van der Waals surface area contributed by atoms with Crippen molar-refractivity contribution in [3.8, 4) is 0 Å². The van der Waals surface area contributed by atoms with Gasteiger partial charge in [0.25, 0.3) is 0 Å². The van der Waals surface area contributed by atoms with E-state index in [0.29, 0.717) is 0 Å². The average molecular weight is 228 g/mol. The zero-order valence-corrected chi connectivity index (χ0v) is 8.60. The largest absolute Gasteiger partial charge is 0.465 e. The molecule has 0 aromatic heterocycles. The lowest BCUT2D eigenvalue weighted by Crippen LogP contribution is -2.45. The Morgan fingerprint density at radius 1 is 1.25 bits per heavy atom. The molecule has 3 aliphatic rings. The van der Waals surface area contributed by atoms with E-state index in [2.05, 4.69) is 0 Å². The van der Waals surface area contributed by atoms with Gasteiger partial charge in [0, 0.05) is 0 Å². The number of aliphatic hydroxyl groups is 1. The van der Waals surface area contributed by atoms with Gasteiger partial charge in [0.15, 0.2) is 0 Å². The van der Waals surface area contributed by atoms with Crippen LogP contribution in [0.2, 0.25) is 0 Å². The molecule has 16 heavy (non-hydrogen) atoms. The number of hydrogen-bond donors (Lipinski definition) is 1. The first-order valence-corrected chi connectivity index (χ1v) is 5.20. The van der Waals surface area contributed by atoms with E-state index in [-0.39, 0.29) is 38.6 Å². The minimum atomic E-state index is -0.967. The second-order valence-corrected chi connectivity index (χ2v) is 4.76. The lowest BCUT2D eigenvalue weighted by atomic mass is 9.77. The van der Waals surface area contributed by atoms with Gasteiger partial charge in [0.2, 0.25) is 0 Å². The molecule has 3 saturated heterocycles. The van der Waals surface area contributed by atoms with E-state index in [4.69, 9.17) is 14.2 Å². The number of fused-ring (bicyclic) bond motifs is 2. The fourth-order valence-electron chi connectivity index (χ4n) is 2.85. The van der Waals surface area contributed by atoms with Crippen LogP contribution in [-0.2, 0) is 23.8 Å². The summed E-state index contributed by atoms with van der Waals surface area (Å²) >= 11 is 0. The van der Waals surface area contributed by atoms with Gasteiger partial charge in [0.05, 0.1) is 31.5 Å². The van der Waals surface area contributed by atoms with Crippen LogP contribution >= 0.6 is 0 Å². The van der Waals surface area contributed by atoms with Crippen molar-refractivity contribution < 1.29 is 28.9 Å². The molecule has 6 nitrogen and oxygen atoms in total. The Hall–Kier alpha value is -1.14. The van der Waals surface area contributed by atoms with Crippen molar-refractivity contribution >= 4 is 11.9 Å². The highest BCUT2D eigenvalue weighted by molar-refractivity contribution is 5.76. The number of rotatable bonds is 1. The number of esters is 2. The number of carbonyl (C=O) groups excluding carboxylic acids is 2. The molecule has 0 saturated carbocycles. The molecule has 88 valence electrons. The Bertz CT molecular complexity index is 366. The number of cyclic esters (lactones) is 1. The standard InChI is InChI=1S/C10H12O6/c11-3-10-2-7(13)16-8(10)9(5-15-10)1-6(12)14-4-9/h8,11H,1-5H2/t8-,9+,10+/m0/s1. The van der Waals surface area contributed by atoms with Crippen LogP contribution in [0.4, 0.5) is 0 Å². The van der Waals surface area contributed by atoms with Crippen molar-refractivity contribution in [2.24, 2.45) is 5.41 Å². The van der Waals surface area contributed by atoms with Crippen LogP contribution in [0, 0.1) is 5.41 Å². The zero-order chi connectivity index (χ0) is 11.4. The summed E-state index contributed by atoms with van der Waals surface area (Å²) in [7, 11) is 0. The molecule has 0 amide bonds. The first-order valence-electron chi connectivity index (χ1n) is 5.20. The zero-order valence-electron chi connectivity index (χ0n) is 8.60. The van der Waals surface area contributed by atoms with Gasteiger partial charge in [-0.1, -0.05) is 0 Å². The highest BCUT2D eigenvalue weighted by atomic mass is 16.6.